The van der Waals surface area contributed by atoms with Crippen molar-refractivity contribution in [3.8, 4) is 10.7 Å². The van der Waals surface area contributed by atoms with E-state index in [4.69, 9.17) is 11.6 Å². The van der Waals surface area contributed by atoms with E-state index in [9.17, 15) is 4.79 Å². The van der Waals surface area contributed by atoms with Gasteiger partial charge < -0.3 is 0 Å². The lowest BCUT2D eigenvalue weighted by Crippen LogP contribution is -2.11. The van der Waals surface area contributed by atoms with Crippen molar-refractivity contribution >= 4 is 45.5 Å². The van der Waals surface area contributed by atoms with E-state index in [1.165, 1.54) is 0 Å². The van der Waals surface area contributed by atoms with Crippen LogP contribution in [0.5, 0.6) is 0 Å². The van der Waals surface area contributed by atoms with E-state index in [-0.39, 0.29) is 5.91 Å². The van der Waals surface area contributed by atoms with Crippen LogP contribution in [-0.2, 0) is 0 Å². The summed E-state index contributed by atoms with van der Waals surface area (Å²) in [6.45, 7) is 0. The first kappa shape index (κ1) is 13.2. The summed E-state index contributed by atoms with van der Waals surface area (Å²) in [6.07, 6.45) is 0. The van der Waals surface area contributed by atoms with Crippen molar-refractivity contribution in [2.45, 2.75) is 0 Å². The molecule has 0 atom stereocenters. The summed E-state index contributed by atoms with van der Waals surface area (Å²) in [4.78, 5) is 17.3. The number of halogens is 1. The van der Waals surface area contributed by atoms with Gasteiger partial charge in [0.25, 0.3) is 5.91 Å². The number of rotatable bonds is 3. The smallest absolute Gasteiger partial charge is 0.257 e. The SMILES string of the molecule is O=C(Nc1nc(-c2cccs2)ns1)c1ccc(Cl)cc1. The first-order valence-corrected chi connectivity index (χ1v) is 7.70. The molecule has 2 aromatic heterocycles. The summed E-state index contributed by atoms with van der Waals surface area (Å²) in [5.41, 5.74) is 0.530. The average Bonchev–Trinajstić information content (AvgIpc) is 3.09. The molecule has 0 saturated heterocycles. The number of nitrogens with one attached hydrogen (secondary N) is 1. The van der Waals surface area contributed by atoms with Crippen LogP contribution in [0.25, 0.3) is 10.7 Å². The summed E-state index contributed by atoms with van der Waals surface area (Å²) in [7, 11) is 0. The molecule has 0 fully saturated rings. The Bertz CT molecular complexity index is 722. The zero-order valence-electron chi connectivity index (χ0n) is 10.0. The van der Waals surface area contributed by atoms with Gasteiger partial charge in [0.15, 0.2) is 5.82 Å². The molecule has 0 aliphatic carbocycles. The molecule has 3 aromatic rings. The van der Waals surface area contributed by atoms with E-state index in [1.807, 2.05) is 17.5 Å². The van der Waals surface area contributed by atoms with Crippen molar-refractivity contribution in [3.63, 3.8) is 0 Å². The molecule has 0 unspecified atom stereocenters. The molecule has 0 saturated carbocycles. The molecule has 1 N–H and O–H groups in total. The Hall–Kier alpha value is -1.76. The van der Waals surface area contributed by atoms with E-state index < -0.39 is 0 Å². The molecular formula is C13H8ClN3OS2. The zero-order valence-corrected chi connectivity index (χ0v) is 12.4. The topological polar surface area (TPSA) is 54.9 Å². The fourth-order valence-corrected chi connectivity index (χ4v) is 2.97. The highest BCUT2D eigenvalue weighted by molar-refractivity contribution is 7.14. The number of carbonyl (C=O) groups excluding carboxylic acids is 1. The van der Waals surface area contributed by atoms with Crippen LogP contribution in [0.15, 0.2) is 41.8 Å². The van der Waals surface area contributed by atoms with E-state index in [0.29, 0.717) is 21.5 Å². The van der Waals surface area contributed by atoms with Gasteiger partial charge in [-0.2, -0.15) is 9.36 Å². The molecule has 3 rings (SSSR count). The molecule has 1 aromatic carbocycles. The minimum Gasteiger partial charge on any atom is -0.297 e. The van der Waals surface area contributed by atoms with Crippen LogP contribution in [0.4, 0.5) is 5.13 Å². The third kappa shape index (κ3) is 2.87. The van der Waals surface area contributed by atoms with Crippen molar-refractivity contribution in [2.75, 3.05) is 5.32 Å². The van der Waals surface area contributed by atoms with Gasteiger partial charge in [-0.15, -0.1) is 11.3 Å². The number of anilines is 1. The van der Waals surface area contributed by atoms with Gasteiger partial charge >= 0.3 is 0 Å². The first-order chi connectivity index (χ1) is 9.72. The van der Waals surface area contributed by atoms with Crippen molar-refractivity contribution in [3.05, 3.63) is 52.4 Å². The fourth-order valence-electron chi connectivity index (χ4n) is 1.55. The molecule has 0 bridgehead atoms. The summed E-state index contributed by atoms with van der Waals surface area (Å²) in [5.74, 6) is 0.409. The molecule has 0 spiro atoms. The number of hydrogen-bond acceptors (Lipinski definition) is 5. The Morgan fingerprint density at radius 1 is 1.20 bits per heavy atom. The summed E-state index contributed by atoms with van der Waals surface area (Å²) in [6, 6.07) is 10.6. The zero-order chi connectivity index (χ0) is 13.9. The minimum absolute atomic E-state index is 0.226. The maximum absolute atomic E-state index is 12.0. The van der Waals surface area contributed by atoms with Crippen LogP contribution in [0.1, 0.15) is 10.4 Å². The predicted molar refractivity (Wildman–Crippen MR) is 82.6 cm³/mol. The van der Waals surface area contributed by atoms with E-state index in [2.05, 4.69) is 14.7 Å². The Morgan fingerprint density at radius 3 is 2.70 bits per heavy atom. The Kier molecular flexibility index (Phi) is 3.77. The Labute approximate surface area is 128 Å². The number of aromatic nitrogens is 2. The lowest BCUT2D eigenvalue weighted by atomic mass is 10.2. The summed E-state index contributed by atoms with van der Waals surface area (Å²) < 4.78 is 4.22. The molecular weight excluding hydrogens is 314 g/mol. The van der Waals surface area contributed by atoms with E-state index >= 15 is 0 Å². The van der Waals surface area contributed by atoms with Crippen LogP contribution >= 0.6 is 34.5 Å². The second-order valence-corrected chi connectivity index (χ2v) is 6.00. The Morgan fingerprint density at radius 2 is 2.00 bits per heavy atom. The van der Waals surface area contributed by atoms with Gasteiger partial charge in [-0.05, 0) is 35.7 Å². The molecule has 2 heterocycles. The van der Waals surface area contributed by atoms with Crippen LogP contribution < -0.4 is 5.32 Å². The van der Waals surface area contributed by atoms with Crippen molar-refractivity contribution in [1.82, 2.24) is 9.36 Å². The standard InChI is InChI=1S/C13H8ClN3OS2/c14-9-5-3-8(4-6-9)12(18)16-13-15-11(17-20-13)10-2-1-7-19-10/h1-7H,(H,15,16,17,18). The molecule has 20 heavy (non-hydrogen) atoms. The fraction of sp³-hybridized carbons (Fsp3) is 0. The molecule has 0 aliphatic rings. The van der Waals surface area contributed by atoms with Crippen LogP contribution in [0, 0.1) is 0 Å². The normalized spacial score (nSPS) is 10.4. The van der Waals surface area contributed by atoms with Gasteiger partial charge in [0.1, 0.15) is 0 Å². The largest absolute Gasteiger partial charge is 0.297 e. The molecule has 0 aliphatic heterocycles. The van der Waals surface area contributed by atoms with Crippen molar-refractivity contribution in [2.24, 2.45) is 0 Å². The summed E-state index contributed by atoms with van der Waals surface area (Å²) >= 11 is 8.51. The molecule has 1 amide bonds. The van der Waals surface area contributed by atoms with Crippen LogP contribution in [0.2, 0.25) is 5.02 Å². The molecule has 100 valence electrons. The van der Waals surface area contributed by atoms with Gasteiger partial charge in [0.2, 0.25) is 5.13 Å². The number of amides is 1. The number of thiophene rings is 1. The third-order valence-corrected chi connectivity index (χ3v) is 4.24. The monoisotopic (exact) mass is 321 g/mol. The van der Waals surface area contributed by atoms with Gasteiger partial charge in [0, 0.05) is 22.1 Å². The maximum Gasteiger partial charge on any atom is 0.257 e. The van der Waals surface area contributed by atoms with Crippen molar-refractivity contribution in [1.29, 1.82) is 0 Å². The van der Waals surface area contributed by atoms with Gasteiger partial charge in [0.05, 0.1) is 4.88 Å². The van der Waals surface area contributed by atoms with Crippen molar-refractivity contribution < 1.29 is 4.79 Å². The Balaban J connectivity index is 1.75. The number of hydrogen-bond donors (Lipinski definition) is 1. The number of benzene rings is 1. The van der Waals surface area contributed by atoms with Crippen LogP contribution in [0.3, 0.4) is 0 Å². The number of carbonyl (C=O) groups is 1. The minimum atomic E-state index is -0.226. The van der Waals surface area contributed by atoms with Gasteiger partial charge in [-0.3, -0.25) is 10.1 Å². The maximum atomic E-state index is 12.0. The molecule has 0 radical (unpaired) electrons. The predicted octanol–water partition coefficient (Wildman–Crippen LogP) is 4.17. The molecule has 7 heteroatoms. The number of nitrogens with zero attached hydrogens (tertiary/aromatic N) is 2. The van der Waals surface area contributed by atoms with Gasteiger partial charge in [-0.25, -0.2) is 0 Å². The summed E-state index contributed by atoms with van der Waals surface area (Å²) in [5, 5.41) is 5.76. The molecule has 4 nitrogen and oxygen atoms in total. The quantitative estimate of drug-likeness (QED) is 0.787. The lowest BCUT2D eigenvalue weighted by Gasteiger charge is -2.00. The highest BCUT2D eigenvalue weighted by atomic mass is 35.5. The highest BCUT2D eigenvalue weighted by Gasteiger charge is 2.11. The van der Waals surface area contributed by atoms with E-state index in [1.54, 1.807) is 35.6 Å². The third-order valence-electron chi connectivity index (χ3n) is 2.49. The second kappa shape index (κ2) is 5.70. The van der Waals surface area contributed by atoms with Crippen LogP contribution in [-0.4, -0.2) is 15.3 Å². The van der Waals surface area contributed by atoms with Gasteiger partial charge in [-0.1, -0.05) is 17.7 Å². The first-order valence-electron chi connectivity index (χ1n) is 5.67. The van der Waals surface area contributed by atoms with E-state index in [0.717, 1.165) is 16.4 Å². The second-order valence-electron chi connectivity index (χ2n) is 3.86. The average molecular weight is 322 g/mol. The lowest BCUT2D eigenvalue weighted by molar-refractivity contribution is 0.102. The highest BCUT2D eigenvalue weighted by Crippen LogP contribution is 2.25.